The lowest BCUT2D eigenvalue weighted by Crippen LogP contribution is -2.62. The van der Waals surface area contributed by atoms with E-state index in [1.807, 2.05) is 13.0 Å². The van der Waals surface area contributed by atoms with Gasteiger partial charge < -0.3 is 9.23 Å². The van der Waals surface area contributed by atoms with Gasteiger partial charge in [-0.2, -0.15) is 0 Å². The lowest BCUT2D eigenvalue weighted by Gasteiger charge is -2.28. The van der Waals surface area contributed by atoms with Crippen LogP contribution in [0.3, 0.4) is 0 Å². The molecule has 5 heteroatoms. The Morgan fingerprint density at radius 1 is 1.17 bits per heavy atom. The van der Waals surface area contributed by atoms with Crippen LogP contribution < -0.4 is 15.0 Å². The molecule has 3 aromatic heterocycles. The Kier molecular flexibility index (Phi) is 3.27. The zero-order chi connectivity index (χ0) is 17.0. The Morgan fingerprint density at radius 3 is 2.75 bits per heavy atom. The summed E-state index contributed by atoms with van der Waals surface area (Å²) in [6, 6.07) is 8.51. The van der Waals surface area contributed by atoms with Crippen LogP contribution in [0.4, 0.5) is 5.88 Å². The Morgan fingerprint density at radius 2 is 1.96 bits per heavy atom. The standard InChI is InChI=1S/C19H21BN3O/c1-12-8-9-22(4)17(10-12)20-13(2)11-16-15-7-6-14(3)21-18(15)24-19(16)23(20)5/h6-11H,1-5H3/q+1. The fraction of sp³-hybridized carbons (Fsp3) is 0.263. The summed E-state index contributed by atoms with van der Waals surface area (Å²) in [5.41, 5.74) is 6.63. The number of fused-ring (bicyclic) bond motifs is 3. The van der Waals surface area contributed by atoms with Crippen LogP contribution in [0.25, 0.3) is 17.2 Å². The zero-order valence-corrected chi connectivity index (χ0v) is 14.8. The van der Waals surface area contributed by atoms with E-state index < -0.39 is 0 Å². The van der Waals surface area contributed by atoms with Crippen molar-refractivity contribution in [2.45, 2.75) is 20.8 Å². The van der Waals surface area contributed by atoms with Crippen molar-refractivity contribution in [1.82, 2.24) is 4.98 Å². The number of rotatable bonds is 1. The molecule has 0 atom stereocenters. The van der Waals surface area contributed by atoms with Crippen molar-refractivity contribution in [1.29, 1.82) is 0 Å². The van der Waals surface area contributed by atoms with Gasteiger partial charge in [0.05, 0.1) is 0 Å². The van der Waals surface area contributed by atoms with Crippen molar-refractivity contribution in [2.75, 3.05) is 11.9 Å². The maximum Gasteiger partial charge on any atom is 0.401 e. The highest BCUT2D eigenvalue weighted by atomic mass is 16.4. The van der Waals surface area contributed by atoms with Gasteiger partial charge in [-0.1, -0.05) is 11.5 Å². The van der Waals surface area contributed by atoms with Gasteiger partial charge in [0.1, 0.15) is 7.05 Å². The van der Waals surface area contributed by atoms with Crippen LogP contribution in [0.2, 0.25) is 0 Å². The van der Waals surface area contributed by atoms with Crippen LogP contribution in [0.5, 0.6) is 0 Å². The molecule has 0 saturated heterocycles. The van der Waals surface area contributed by atoms with Crippen LogP contribution in [-0.2, 0) is 7.05 Å². The predicted molar refractivity (Wildman–Crippen MR) is 98.5 cm³/mol. The van der Waals surface area contributed by atoms with E-state index in [0.29, 0.717) is 5.71 Å². The smallest absolute Gasteiger partial charge is 0.401 e. The van der Waals surface area contributed by atoms with Crippen molar-refractivity contribution in [3.05, 3.63) is 52.8 Å². The third kappa shape index (κ3) is 2.15. The molecule has 0 unspecified atom stereocenters. The minimum Gasteiger partial charge on any atom is -0.423 e. The molecule has 4 rings (SSSR count). The van der Waals surface area contributed by atoms with Crippen LogP contribution in [0, 0.1) is 13.8 Å². The summed E-state index contributed by atoms with van der Waals surface area (Å²) in [5, 5.41) is 1.08. The fourth-order valence-corrected chi connectivity index (χ4v) is 3.61. The van der Waals surface area contributed by atoms with Crippen LogP contribution in [0.1, 0.15) is 23.7 Å². The molecule has 1 aliphatic rings. The molecule has 4 nitrogen and oxygen atoms in total. The van der Waals surface area contributed by atoms with Gasteiger partial charge in [-0.3, -0.25) is 0 Å². The van der Waals surface area contributed by atoms with Crippen LogP contribution in [0.15, 0.2) is 40.4 Å². The third-order valence-electron chi connectivity index (χ3n) is 4.85. The normalized spacial score (nSPS) is 14.1. The number of aromatic nitrogens is 2. The van der Waals surface area contributed by atoms with Gasteiger partial charge in [-0.25, -0.2) is 9.55 Å². The van der Waals surface area contributed by atoms with E-state index in [0.717, 1.165) is 22.5 Å². The maximum absolute atomic E-state index is 6.11. The third-order valence-corrected chi connectivity index (χ3v) is 4.85. The molecule has 0 radical (unpaired) electrons. The van der Waals surface area contributed by atoms with Gasteiger partial charge in [-0.05, 0) is 45.5 Å². The molecule has 0 aliphatic carbocycles. The minimum absolute atomic E-state index is 0.157. The molecule has 120 valence electrons. The second-order valence-corrected chi connectivity index (χ2v) is 6.77. The number of pyridine rings is 2. The van der Waals surface area contributed by atoms with Crippen molar-refractivity contribution in [3.63, 3.8) is 0 Å². The number of anilines is 1. The van der Waals surface area contributed by atoms with Crippen molar-refractivity contribution in [3.8, 4) is 0 Å². The largest absolute Gasteiger partial charge is 0.423 e. The highest BCUT2D eigenvalue weighted by Gasteiger charge is 2.39. The van der Waals surface area contributed by atoms with E-state index in [4.69, 9.17) is 4.42 Å². The predicted octanol–water partition coefficient (Wildman–Crippen LogP) is 2.56. The van der Waals surface area contributed by atoms with E-state index in [9.17, 15) is 0 Å². The molecule has 24 heavy (non-hydrogen) atoms. The molecular formula is C19H21BN3O+. The number of hydrogen-bond acceptors (Lipinski definition) is 3. The molecule has 0 bridgehead atoms. The number of aryl methyl sites for hydroxylation is 3. The van der Waals surface area contributed by atoms with Gasteiger partial charge >= 0.3 is 6.85 Å². The van der Waals surface area contributed by atoms with E-state index >= 15 is 0 Å². The van der Waals surface area contributed by atoms with E-state index in [1.54, 1.807) is 0 Å². The maximum atomic E-state index is 6.11. The summed E-state index contributed by atoms with van der Waals surface area (Å²) in [4.78, 5) is 6.76. The minimum atomic E-state index is 0.157. The topological polar surface area (TPSA) is 33.2 Å². The van der Waals surface area contributed by atoms with E-state index in [-0.39, 0.29) is 6.85 Å². The summed E-state index contributed by atoms with van der Waals surface area (Å²) >= 11 is 0. The summed E-state index contributed by atoms with van der Waals surface area (Å²) in [6.07, 6.45) is 4.36. The molecular weight excluding hydrogens is 297 g/mol. The van der Waals surface area contributed by atoms with Gasteiger partial charge in [0.2, 0.25) is 5.71 Å². The summed E-state index contributed by atoms with van der Waals surface area (Å²) in [6.45, 7) is 6.46. The van der Waals surface area contributed by atoms with Crippen molar-refractivity contribution < 1.29 is 8.98 Å². The molecule has 0 spiro atoms. The molecule has 4 heterocycles. The molecule has 0 N–H and O–H groups in total. The first kappa shape index (κ1) is 15.0. The molecule has 1 aliphatic heterocycles. The van der Waals surface area contributed by atoms with Gasteiger partial charge in [0, 0.05) is 28.8 Å². The highest BCUT2D eigenvalue weighted by molar-refractivity contribution is 6.82. The molecule has 0 amide bonds. The first-order chi connectivity index (χ1) is 11.5. The van der Waals surface area contributed by atoms with E-state index in [1.165, 1.54) is 16.6 Å². The number of nitrogens with zero attached hydrogens (tertiary/aromatic N) is 3. The number of hydrogen-bond donors (Lipinski definition) is 0. The monoisotopic (exact) mass is 318 g/mol. The second kappa shape index (κ2) is 5.23. The number of furan rings is 1. The van der Waals surface area contributed by atoms with Crippen molar-refractivity contribution in [2.24, 2.45) is 7.05 Å². The summed E-state index contributed by atoms with van der Waals surface area (Å²) < 4.78 is 8.30. The lowest BCUT2D eigenvalue weighted by atomic mass is 9.49. The first-order valence-electron chi connectivity index (χ1n) is 8.23. The van der Waals surface area contributed by atoms with Gasteiger partial charge in [0.25, 0.3) is 0 Å². The lowest BCUT2D eigenvalue weighted by molar-refractivity contribution is -0.654. The van der Waals surface area contributed by atoms with Crippen LogP contribution in [-0.4, -0.2) is 18.9 Å². The quantitative estimate of drug-likeness (QED) is 0.511. The van der Waals surface area contributed by atoms with Crippen molar-refractivity contribution >= 4 is 35.5 Å². The second-order valence-electron chi connectivity index (χ2n) is 6.77. The fourth-order valence-electron chi connectivity index (χ4n) is 3.61. The molecule has 0 aromatic carbocycles. The highest BCUT2D eigenvalue weighted by Crippen LogP contribution is 2.37. The molecule has 0 fully saturated rings. The summed E-state index contributed by atoms with van der Waals surface area (Å²) in [7, 11) is 4.19. The molecule has 3 aromatic rings. The van der Waals surface area contributed by atoms with Gasteiger partial charge in [0.15, 0.2) is 17.7 Å². The first-order valence-corrected chi connectivity index (χ1v) is 8.23. The van der Waals surface area contributed by atoms with Gasteiger partial charge in [-0.15, -0.1) is 0 Å². The van der Waals surface area contributed by atoms with E-state index in [2.05, 4.69) is 72.8 Å². The summed E-state index contributed by atoms with van der Waals surface area (Å²) in [5.74, 6) is 0.889. The Bertz CT molecular complexity index is 990. The SMILES string of the molecule is CC1=Cc2c(oc3nc(C)ccc23)N(C)B1c1cc(C)cc[n+]1C. The number of allylic oxidation sites excluding steroid dienone is 1. The van der Waals surface area contributed by atoms with Crippen LogP contribution >= 0.6 is 0 Å². The molecule has 0 saturated carbocycles. The Balaban J connectivity index is 1.91. The Labute approximate surface area is 142 Å². The average molecular weight is 318 g/mol. The Hall–Kier alpha value is -2.56. The average Bonchev–Trinajstić information content (AvgIpc) is 2.88. The zero-order valence-electron chi connectivity index (χ0n) is 14.8.